The van der Waals surface area contributed by atoms with Crippen LogP contribution in [-0.2, 0) is 14.3 Å². The first-order valence-corrected chi connectivity index (χ1v) is 8.45. The Kier molecular flexibility index (Phi) is 6.35. The first kappa shape index (κ1) is 16.9. The van der Waals surface area contributed by atoms with E-state index in [0.717, 1.165) is 18.7 Å². The Morgan fingerprint density at radius 1 is 1.32 bits per heavy atom. The molecule has 1 aliphatic rings. The predicted octanol–water partition coefficient (Wildman–Crippen LogP) is 0.762. The van der Waals surface area contributed by atoms with Crippen LogP contribution in [0.15, 0.2) is 16.8 Å². The first-order chi connectivity index (χ1) is 10.6. The topological polar surface area (TPSA) is 70.7 Å². The van der Waals surface area contributed by atoms with Gasteiger partial charge < -0.3 is 15.4 Å². The van der Waals surface area contributed by atoms with Crippen molar-refractivity contribution in [2.75, 3.05) is 32.8 Å². The molecule has 0 spiro atoms. The molecule has 0 radical (unpaired) electrons. The number of morpholine rings is 1. The Morgan fingerprint density at radius 2 is 2.05 bits per heavy atom. The molecule has 1 atom stereocenters. The molecule has 1 unspecified atom stereocenters. The molecule has 0 aromatic carbocycles. The third-order valence-corrected chi connectivity index (χ3v) is 4.20. The molecule has 6 nitrogen and oxygen atoms in total. The Hall–Kier alpha value is -1.44. The maximum atomic E-state index is 11.9. The summed E-state index contributed by atoms with van der Waals surface area (Å²) in [5, 5.41) is 9.45. The standard InChI is InChI=1S/C15H23N3O3S/c1-11(2)17-15(20)14(19)16-9-13(12-3-8-22-10-12)18-4-6-21-7-5-18/h3,8,10-11,13H,4-7,9H2,1-2H3,(H,16,19)(H,17,20). The molecule has 0 aliphatic carbocycles. The van der Waals surface area contributed by atoms with Crippen molar-refractivity contribution in [1.82, 2.24) is 15.5 Å². The van der Waals surface area contributed by atoms with E-state index in [1.807, 2.05) is 19.2 Å². The van der Waals surface area contributed by atoms with E-state index in [0.29, 0.717) is 19.8 Å². The summed E-state index contributed by atoms with van der Waals surface area (Å²) >= 11 is 1.63. The Bertz CT molecular complexity index is 484. The van der Waals surface area contributed by atoms with Crippen LogP contribution in [0.5, 0.6) is 0 Å². The lowest BCUT2D eigenvalue weighted by molar-refractivity contribution is -0.139. The minimum atomic E-state index is -0.582. The quantitative estimate of drug-likeness (QED) is 0.784. The number of carbonyl (C=O) groups excluding carboxylic acids is 2. The fourth-order valence-electron chi connectivity index (χ4n) is 2.41. The lowest BCUT2D eigenvalue weighted by atomic mass is 10.1. The van der Waals surface area contributed by atoms with E-state index >= 15 is 0 Å². The van der Waals surface area contributed by atoms with Crippen LogP contribution in [0.1, 0.15) is 25.5 Å². The highest BCUT2D eigenvalue weighted by Gasteiger charge is 2.24. The maximum absolute atomic E-state index is 11.9. The van der Waals surface area contributed by atoms with Crippen LogP contribution in [0.2, 0.25) is 0 Å². The summed E-state index contributed by atoms with van der Waals surface area (Å²) in [6, 6.07) is 2.08. The molecule has 1 aromatic rings. The van der Waals surface area contributed by atoms with E-state index < -0.39 is 11.8 Å². The van der Waals surface area contributed by atoms with Crippen molar-refractivity contribution in [2.45, 2.75) is 25.9 Å². The van der Waals surface area contributed by atoms with Gasteiger partial charge in [0.2, 0.25) is 0 Å². The summed E-state index contributed by atoms with van der Waals surface area (Å²) in [6.45, 7) is 7.12. The predicted molar refractivity (Wildman–Crippen MR) is 85.7 cm³/mol. The van der Waals surface area contributed by atoms with E-state index in [1.165, 1.54) is 0 Å². The van der Waals surface area contributed by atoms with Crippen molar-refractivity contribution in [3.63, 3.8) is 0 Å². The van der Waals surface area contributed by atoms with Gasteiger partial charge in [-0.15, -0.1) is 0 Å². The van der Waals surface area contributed by atoms with Gasteiger partial charge in [0.05, 0.1) is 19.3 Å². The smallest absolute Gasteiger partial charge is 0.309 e. The first-order valence-electron chi connectivity index (χ1n) is 7.50. The van der Waals surface area contributed by atoms with Crippen LogP contribution in [0.4, 0.5) is 0 Å². The number of nitrogens with zero attached hydrogens (tertiary/aromatic N) is 1. The summed E-state index contributed by atoms with van der Waals surface area (Å²) in [5.41, 5.74) is 1.16. The largest absolute Gasteiger partial charge is 0.379 e. The molecular weight excluding hydrogens is 302 g/mol. The van der Waals surface area contributed by atoms with Gasteiger partial charge in [-0.2, -0.15) is 11.3 Å². The van der Waals surface area contributed by atoms with Gasteiger partial charge in [-0.3, -0.25) is 14.5 Å². The van der Waals surface area contributed by atoms with Crippen LogP contribution in [-0.4, -0.2) is 55.6 Å². The minimum absolute atomic E-state index is 0.0508. The van der Waals surface area contributed by atoms with Gasteiger partial charge in [0.25, 0.3) is 0 Å². The number of hydrogen-bond acceptors (Lipinski definition) is 5. The van der Waals surface area contributed by atoms with Crippen molar-refractivity contribution in [1.29, 1.82) is 0 Å². The molecule has 122 valence electrons. The zero-order chi connectivity index (χ0) is 15.9. The molecule has 2 heterocycles. The average Bonchev–Trinajstić information content (AvgIpc) is 3.02. The Labute approximate surface area is 134 Å². The zero-order valence-electron chi connectivity index (χ0n) is 13.0. The lowest BCUT2D eigenvalue weighted by Gasteiger charge is -2.34. The van der Waals surface area contributed by atoms with Crippen LogP contribution < -0.4 is 10.6 Å². The maximum Gasteiger partial charge on any atom is 0.309 e. The highest BCUT2D eigenvalue weighted by molar-refractivity contribution is 7.07. The molecular formula is C15H23N3O3S. The van der Waals surface area contributed by atoms with Crippen LogP contribution in [0.25, 0.3) is 0 Å². The third kappa shape index (κ3) is 4.79. The van der Waals surface area contributed by atoms with E-state index in [4.69, 9.17) is 4.74 Å². The molecule has 2 rings (SSSR count). The van der Waals surface area contributed by atoms with Crippen molar-refractivity contribution >= 4 is 23.2 Å². The molecule has 0 saturated carbocycles. The Morgan fingerprint density at radius 3 is 2.64 bits per heavy atom. The number of amides is 2. The SMILES string of the molecule is CC(C)NC(=O)C(=O)NCC(c1ccsc1)N1CCOCC1. The second-order valence-electron chi connectivity index (χ2n) is 5.56. The van der Waals surface area contributed by atoms with Gasteiger partial charge in [0, 0.05) is 25.7 Å². The van der Waals surface area contributed by atoms with Crippen LogP contribution in [0, 0.1) is 0 Å². The van der Waals surface area contributed by atoms with Gasteiger partial charge in [0.15, 0.2) is 0 Å². The number of nitrogens with one attached hydrogen (secondary N) is 2. The average molecular weight is 325 g/mol. The molecule has 0 bridgehead atoms. The minimum Gasteiger partial charge on any atom is -0.379 e. The van der Waals surface area contributed by atoms with E-state index in [9.17, 15) is 9.59 Å². The summed E-state index contributed by atoms with van der Waals surface area (Å²) < 4.78 is 5.38. The summed E-state index contributed by atoms with van der Waals surface area (Å²) in [6.07, 6.45) is 0. The second kappa shape index (κ2) is 8.26. The molecule has 1 aromatic heterocycles. The number of ether oxygens (including phenoxy) is 1. The van der Waals surface area contributed by atoms with Gasteiger partial charge in [-0.25, -0.2) is 0 Å². The number of thiophene rings is 1. The molecule has 1 aliphatic heterocycles. The highest BCUT2D eigenvalue weighted by atomic mass is 32.1. The van der Waals surface area contributed by atoms with E-state index in [2.05, 4.69) is 27.0 Å². The zero-order valence-corrected chi connectivity index (χ0v) is 13.8. The number of carbonyl (C=O) groups is 2. The number of rotatable bonds is 5. The fraction of sp³-hybridized carbons (Fsp3) is 0.600. The highest BCUT2D eigenvalue weighted by Crippen LogP contribution is 2.23. The summed E-state index contributed by atoms with van der Waals surface area (Å²) in [4.78, 5) is 25.8. The third-order valence-electron chi connectivity index (χ3n) is 3.50. The van der Waals surface area contributed by atoms with Crippen LogP contribution >= 0.6 is 11.3 Å². The summed E-state index contributed by atoms with van der Waals surface area (Å²) in [7, 11) is 0. The number of hydrogen-bond donors (Lipinski definition) is 2. The van der Waals surface area contributed by atoms with Crippen LogP contribution in [0.3, 0.4) is 0 Å². The van der Waals surface area contributed by atoms with Gasteiger partial charge >= 0.3 is 11.8 Å². The monoisotopic (exact) mass is 325 g/mol. The molecule has 2 amide bonds. The van der Waals surface area contributed by atoms with Crippen molar-refractivity contribution in [3.05, 3.63) is 22.4 Å². The van der Waals surface area contributed by atoms with Gasteiger partial charge in [-0.05, 0) is 36.2 Å². The molecule has 2 N–H and O–H groups in total. The van der Waals surface area contributed by atoms with E-state index in [-0.39, 0.29) is 12.1 Å². The fourth-order valence-corrected chi connectivity index (χ4v) is 3.12. The lowest BCUT2D eigenvalue weighted by Crippen LogP contribution is -2.47. The second-order valence-corrected chi connectivity index (χ2v) is 6.34. The van der Waals surface area contributed by atoms with Gasteiger partial charge in [0.1, 0.15) is 0 Å². The molecule has 22 heavy (non-hydrogen) atoms. The van der Waals surface area contributed by atoms with E-state index in [1.54, 1.807) is 11.3 Å². The van der Waals surface area contributed by atoms with Crippen molar-refractivity contribution < 1.29 is 14.3 Å². The van der Waals surface area contributed by atoms with Crippen molar-refractivity contribution in [3.8, 4) is 0 Å². The Balaban J connectivity index is 1.95. The molecule has 7 heteroatoms. The summed E-state index contributed by atoms with van der Waals surface area (Å²) in [5.74, 6) is -1.16. The van der Waals surface area contributed by atoms with Gasteiger partial charge in [-0.1, -0.05) is 0 Å². The van der Waals surface area contributed by atoms with Crippen molar-refractivity contribution in [2.24, 2.45) is 0 Å². The molecule has 1 fully saturated rings. The molecule has 1 saturated heterocycles. The normalized spacial score (nSPS) is 17.2.